The molecule has 130 valence electrons. The van der Waals surface area contributed by atoms with Crippen molar-refractivity contribution in [2.75, 3.05) is 20.8 Å². The third-order valence-electron chi connectivity index (χ3n) is 4.28. The highest BCUT2D eigenvalue weighted by Crippen LogP contribution is 2.27. The summed E-state index contributed by atoms with van der Waals surface area (Å²) >= 11 is 0. The zero-order valence-electron chi connectivity index (χ0n) is 13.9. The van der Waals surface area contributed by atoms with E-state index in [1.165, 1.54) is 37.3 Å². The molecule has 7 heteroatoms. The second-order valence-electron chi connectivity index (χ2n) is 5.75. The molecule has 0 spiro atoms. The predicted octanol–water partition coefficient (Wildman–Crippen LogP) is 1.70. The number of ether oxygens (including phenoxy) is 2. The third-order valence-corrected chi connectivity index (χ3v) is 4.28. The lowest BCUT2D eigenvalue weighted by Gasteiger charge is -2.36. The molecule has 1 aromatic rings. The molecule has 2 atom stereocenters. The van der Waals surface area contributed by atoms with Crippen LogP contribution in [0.2, 0.25) is 0 Å². The molecule has 1 heterocycles. The molecule has 0 N–H and O–H groups in total. The van der Waals surface area contributed by atoms with Crippen molar-refractivity contribution < 1.29 is 28.2 Å². The van der Waals surface area contributed by atoms with E-state index in [1.54, 1.807) is 6.92 Å². The summed E-state index contributed by atoms with van der Waals surface area (Å²) in [5.41, 5.74) is 0.638. The Bertz CT molecular complexity index is 660. The first-order valence-electron chi connectivity index (χ1n) is 7.61. The van der Waals surface area contributed by atoms with Crippen LogP contribution in [0.15, 0.2) is 18.2 Å². The van der Waals surface area contributed by atoms with Gasteiger partial charge in [-0.2, -0.15) is 0 Å². The molecule has 24 heavy (non-hydrogen) atoms. The van der Waals surface area contributed by atoms with Crippen molar-refractivity contribution in [3.8, 4) is 0 Å². The monoisotopic (exact) mass is 337 g/mol. The number of carbonyl (C=O) groups excluding carboxylic acids is 3. The third kappa shape index (κ3) is 3.55. The second kappa shape index (κ2) is 7.42. The fraction of sp³-hybridized carbons (Fsp3) is 0.471. The van der Waals surface area contributed by atoms with E-state index in [0.29, 0.717) is 17.5 Å². The van der Waals surface area contributed by atoms with E-state index in [-0.39, 0.29) is 13.0 Å². The summed E-state index contributed by atoms with van der Waals surface area (Å²) in [5, 5.41) is 0. The summed E-state index contributed by atoms with van der Waals surface area (Å²) in [6.07, 6.45) is 0.539. The minimum absolute atomic E-state index is 0.144. The SMILES string of the molecule is COC(=O)[C@H]1CCN(C(=O)c2ccc(F)c(C)c2)[C@H](C(=O)OC)C1. The van der Waals surface area contributed by atoms with Crippen LogP contribution in [0.4, 0.5) is 4.39 Å². The van der Waals surface area contributed by atoms with Crippen LogP contribution in [-0.4, -0.2) is 49.6 Å². The lowest BCUT2D eigenvalue weighted by atomic mass is 9.90. The number of methoxy groups -OCH3 is 2. The number of aryl methyl sites for hydroxylation is 1. The topological polar surface area (TPSA) is 72.9 Å². The molecule has 0 aromatic heterocycles. The summed E-state index contributed by atoms with van der Waals surface area (Å²) in [6.45, 7) is 1.78. The number of nitrogens with zero attached hydrogens (tertiary/aromatic N) is 1. The Hall–Kier alpha value is -2.44. The van der Waals surface area contributed by atoms with Crippen LogP contribution in [0.3, 0.4) is 0 Å². The van der Waals surface area contributed by atoms with Gasteiger partial charge in [-0.3, -0.25) is 9.59 Å². The maximum absolute atomic E-state index is 13.4. The molecule has 1 aromatic carbocycles. The average Bonchev–Trinajstić information content (AvgIpc) is 2.61. The van der Waals surface area contributed by atoms with Crippen LogP contribution in [0.5, 0.6) is 0 Å². The van der Waals surface area contributed by atoms with Gasteiger partial charge in [0.15, 0.2) is 0 Å². The molecule has 1 fully saturated rings. The molecular weight excluding hydrogens is 317 g/mol. The van der Waals surface area contributed by atoms with Gasteiger partial charge in [0.25, 0.3) is 5.91 Å². The number of rotatable bonds is 3. The van der Waals surface area contributed by atoms with Crippen LogP contribution in [0.1, 0.15) is 28.8 Å². The number of piperidine rings is 1. The molecule has 1 amide bonds. The van der Waals surface area contributed by atoms with Gasteiger partial charge in [0.2, 0.25) is 0 Å². The maximum Gasteiger partial charge on any atom is 0.328 e. The van der Waals surface area contributed by atoms with Crippen LogP contribution < -0.4 is 0 Å². The van der Waals surface area contributed by atoms with Gasteiger partial charge < -0.3 is 14.4 Å². The number of esters is 2. The fourth-order valence-electron chi connectivity index (χ4n) is 2.89. The Kier molecular flexibility index (Phi) is 5.54. The zero-order valence-corrected chi connectivity index (χ0v) is 13.9. The Morgan fingerprint density at radius 2 is 1.83 bits per heavy atom. The second-order valence-corrected chi connectivity index (χ2v) is 5.75. The largest absolute Gasteiger partial charge is 0.469 e. The number of benzene rings is 1. The van der Waals surface area contributed by atoms with E-state index in [2.05, 4.69) is 0 Å². The number of likely N-dealkylation sites (tertiary alicyclic amines) is 1. The van der Waals surface area contributed by atoms with Crippen LogP contribution in [0, 0.1) is 18.7 Å². The molecule has 1 aliphatic heterocycles. The molecule has 1 aliphatic rings. The highest BCUT2D eigenvalue weighted by atomic mass is 19.1. The van der Waals surface area contributed by atoms with Crippen molar-refractivity contribution in [2.24, 2.45) is 5.92 Å². The predicted molar refractivity (Wildman–Crippen MR) is 82.7 cm³/mol. The van der Waals surface area contributed by atoms with Gasteiger partial charge in [-0.25, -0.2) is 9.18 Å². The number of hydrogen-bond donors (Lipinski definition) is 0. The lowest BCUT2D eigenvalue weighted by molar-refractivity contribution is -0.153. The summed E-state index contributed by atoms with van der Waals surface area (Å²) < 4.78 is 22.9. The van der Waals surface area contributed by atoms with Gasteiger partial charge in [0.05, 0.1) is 20.1 Å². The van der Waals surface area contributed by atoms with Gasteiger partial charge in [-0.15, -0.1) is 0 Å². The number of carbonyl (C=O) groups is 3. The summed E-state index contributed by atoms with van der Waals surface area (Å²) in [6, 6.07) is 3.17. The van der Waals surface area contributed by atoms with Crippen molar-refractivity contribution in [3.63, 3.8) is 0 Å². The van der Waals surface area contributed by atoms with Crippen LogP contribution >= 0.6 is 0 Å². The molecule has 6 nitrogen and oxygen atoms in total. The van der Waals surface area contributed by atoms with Gasteiger partial charge in [-0.05, 0) is 43.5 Å². The molecule has 0 saturated carbocycles. The van der Waals surface area contributed by atoms with Gasteiger partial charge in [-0.1, -0.05) is 0 Å². The highest BCUT2D eigenvalue weighted by Gasteiger charge is 2.40. The van der Waals surface area contributed by atoms with Crippen LogP contribution in [-0.2, 0) is 19.1 Å². The average molecular weight is 337 g/mol. The number of amides is 1. The first kappa shape index (κ1) is 17.9. The molecule has 0 radical (unpaired) electrons. The van der Waals surface area contributed by atoms with Crippen molar-refractivity contribution in [1.82, 2.24) is 4.90 Å². The molecule has 0 aliphatic carbocycles. The molecule has 1 saturated heterocycles. The minimum Gasteiger partial charge on any atom is -0.469 e. The molecule has 0 bridgehead atoms. The normalized spacial score (nSPS) is 20.4. The Morgan fingerprint density at radius 1 is 1.17 bits per heavy atom. The van der Waals surface area contributed by atoms with Crippen LogP contribution in [0.25, 0.3) is 0 Å². The van der Waals surface area contributed by atoms with Crippen molar-refractivity contribution >= 4 is 17.8 Å². The van der Waals surface area contributed by atoms with Gasteiger partial charge >= 0.3 is 11.9 Å². The van der Waals surface area contributed by atoms with Crippen molar-refractivity contribution in [3.05, 3.63) is 35.1 Å². The first-order valence-corrected chi connectivity index (χ1v) is 7.61. The van der Waals surface area contributed by atoms with E-state index in [0.717, 1.165) is 0 Å². The Balaban J connectivity index is 2.26. The Labute approximate surface area is 139 Å². The highest BCUT2D eigenvalue weighted by molar-refractivity contribution is 5.97. The fourth-order valence-corrected chi connectivity index (χ4v) is 2.89. The van der Waals surface area contributed by atoms with E-state index in [4.69, 9.17) is 9.47 Å². The standard InChI is InChI=1S/C17H20FNO5/c1-10-8-11(4-5-13(10)18)15(20)19-7-6-12(16(21)23-2)9-14(19)17(22)24-3/h4-5,8,12,14H,6-7,9H2,1-3H3/t12-,14-/m0/s1. The smallest absolute Gasteiger partial charge is 0.328 e. The lowest BCUT2D eigenvalue weighted by Crippen LogP contribution is -2.51. The molecular formula is C17H20FNO5. The van der Waals surface area contributed by atoms with E-state index >= 15 is 0 Å². The summed E-state index contributed by atoms with van der Waals surface area (Å²) in [7, 11) is 2.52. The van der Waals surface area contributed by atoms with E-state index in [9.17, 15) is 18.8 Å². The van der Waals surface area contributed by atoms with Crippen molar-refractivity contribution in [1.29, 1.82) is 0 Å². The summed E-state index contributed by atoms with van der Waals surface area (Å²) in [5.74, 6) is -2.25. The molecule has 0 unspecified atom stereocenters. The number of hydrogen-bond acceptors (Lipinski definition) is 5. The quantitative estimate of drug-likeness (QED) is 0.785. The zero-order chi connectivity index (χ0) is 17.9. The van der Waals surface area contributed by atoms with E-state index in [1.807, 2.05) is 0 Å². The maximum atomic E-state index is 13.4. The Morgan fingerprint density at radius 3 is 2.42 bits per heavy atom. The first-order chi connectivity index (χ1) is 11.4. The van der Waals surface area contributed by atoms with Gasteiger partial charge in [0, 0.05) is 12.1 Å². The summed E-state index contributed by atoms with van der Waals surface area (Å²) in [4.78, 5) is 37.9. The minimum atomic E-state index is -0.870. The van der Waals surface area contributed by atoms with E-state index < -0.39 is 35.6 Å². The van der Waals surface area contributed by atoms with Gasteiger partial charge in [0.1, 0.15) is 11.9 Å². The number of halogens is 1. The van der Waals surface area contributed by atoms with Crippen molar-refractivity contribution in [2.45, 2.75) is 25.8 Å². The molecule has 2 rings (SSSR count).